The first-order valence-electron chi connectivity index (χ1n) is 8.77. The van der Waals surface area contributed by atoms with E-state index in [4.69, 9.17) is 5.26 Å². The smallest absolute Gasteiger partial charge is 0.274 e. The van der Waals surface area contributed by atoms with E-state index in [1.807, 2.05) is 43.3 Å². The number of carbonyl (C=O) groups is 2. The summed E-state index contributed by atoms with van der Waals surface area (Å²) in [4.78, 5) is 31.1. The van der Waals surface area contributed by atoms with Gasteiger partial charge in [-0.3, -0.25) is 14.6 Å². The average Bonchev–Trinajstić information content (AvgIpc) is 2.75. The second-order valence-corrected chi connectivity index (χ2v) is 5.96. The monoisotopic (exact) mass is 370 g/mol. The van der Waals surface area contributed by atoms with E-state index in [-0.39, 0.29) is 11.6 Å². The van der Waals surface area contributed by atoms with E-state index >= 15 is 0 Å². The number of nitrogens with zero attached hydrogens (tertiary/aromatic N) is 3. The number of anilines is 2. The number of rotatable bonds is 5. The van der Waals surface area contributed by atoms with Crippen molar-refractivity contribution in [1.29, 1.82) is 5.26 Å². The van der Waals surface area contributed by atoms with Crippen molar-refractivity contribution in [2.45, 2.75) is 6.92 Å². The van der Waals surface area contributed by atoms with Gasteiger partial charge in [-0.2, -0.15) is 5.26 Å². The summed E-state index contributed by atoms with van der Waals surface area (Å²) in [5.41, 5.74) is 2.35. The molecule has 0 unspecified atom stereocenters. The SMILES string of the molecule is CCN(C(=O)c1ccnc(C(=O)Nc2ccc(C#N)cc2)c1)c1ccccc1. The van der Waals surface area contributed by atoms with Gasteiger partial charge < -0.3 is 10.2 Å². The van der Waals surface area contributed by atoms with Gasteiger partial charge in [0.15, 0.2) is 0 Å². The summed E-state index contributed by atoms with van der Waals surface area (Å²) in [5, 5.41) is 11.5. The Bertz CT molecular complexity index is 1020. The maximum absolute atomic E-state index is 12.9. The van der Waals surface area contributed by atoms with Gasteiger partial charge in [0.1, 0.15) is 5.69 Å². The summed E-state index contributed by atoms with van der Waals surface area (Å²) in [6.07, 6.45) is 1.44. The van der Waals surface area contributed by atoms with Gasteiger partial charge in [-0.15, -0.1) is 0 Å². The van der Waals surface area contributed by atoms with Crippen LogP contribution in [-0.4, -0.2) is 23.3 Å². The Hall–Kier alpha value is -3.98. The molecule has 3 aromatic rings. The largest absolute Gasteiger partial charge is 0.321 e. The molecule has 1 N–H and O–H groups in total. The highest BCUT2D eigenvalue weighted by molar-refractivity contribution is 6.08. The molecule has 2 amide bonds. The second kappa shape index (κ2) is 8.60. The molecule has 6 heteroatoms. The summed E-state index contributed by atoms with van der Waals surface area (Å²) in [6, 6.07) is 20.9. The van der Waals surface area contributed by atoms with Crippen molar-refractivity contribution >= 4 is 23.2 Å². The van der Waals surface area contributed by atoms with Crippen LogP contribution in [-0.2, 0) is 0 Å². The van der Waals surface area contributed by atoms with Crippen molar-refractivity contribution < 1.29 is 9.59 Å². The molecule has 0 atom stereocenters. The third-order valence-electron chi connectivity index (χ3n) is 4.14. The lowest BCUT2D eigenvalue weighted by Gasteiger charge is -2.21. The van der Waals surface area contributed by atoms with Gasteiger partial charge >= 0.3 is 0 Å². The van der Waals surface area contributed by atoms with E-state index in [2.05, 4.69) is 10.3 Å². The number of hydrogen-bond donors (Lipinski definition) is 1. The van der Waals surface area contributed by atoms with Crippen LogP contribution >= 0.6 is 0 Å². The van der Waals surface area contributed by atoms with Crippen molar-refractivity contribution in [3.05, 3.63) is 89.7 Å². The van der Waals surface area contributed by atoms with Crippen molar-refractivity contribution in [1.82, 2.24) is 4.98 Å². The van der Waals surface area contributed by atoms with E-state index in [9.17, 15) is 9.59 Å². The maximum atomic E-state index is 12.9. The molecular formula is C22H18N4O2. The van der Waals surface area contributed by atoms with Crippen LogP contribution in [0.1, 0.15) is 33.3 Å². The summed E-state index contributed by atoms with van der Waals surface area (Å²) in [7, 11) is 0. The fourth-order valence-corrected chi connectivity index (χ4v) is 2.72. The molecule has 138 valence electrons. The number of benzene rings is 2. The minimum absolute atomic E-state index is 0.138. The number of hydrogen-bond acceptors (Lipinski definition) is 4. The molecule has 0 aliphatic heterocycles. The fourth-order valence-electron chi connectivity index (χ4n) is 2.72. The normalized spacial score (nSPS) is 10.0. The molecule has 0 fully saturated rings. The molecule has 6 nitrogen and oxygen atoms in total. The zero-order valence-electron chi connectivity index (χ0n) is 15.3. The third-order valence-corrected chi connectivity index (χ3v) is 4.14. The lowest BCUT2D eigenvalue weighted by atomic mass is 10.1. The fraction of sp³-hybridized carbons (Fsp3) is 0.0909. The van der Waals surface area contributed by atoms with E-state index in [0.29, 0.717) is 23.4 Å². The van der Waals surface area contributed by atoms with E-state index in [0.717, 1.165) is 5.69 Å². The lowest BCUT2D eigenvalue weighted by molar-refractivity contribution is 0.0988. The molecular weight excluding hydrogens is 352 g/mol. The van der Waals surface area contributed by atoms with Crippen LogP contribution in [0.3, 0.4) is 0 Å². The van der Waals surface area contributed by atoms with Gasteiger partial charge in [0.2, 0.25) is 0 Å². The quantitative estimate of drug-likeness (QED) is 0.739. The molecule has 0 aliphatic carbocycles. The zero-order chi connectivity index (χ0) is 19.9. The van der Waals surface area contributed by atoms with Gasteiger partial charge in [-0.25, -0.2) is 0 Å². The molecule has 0 saturated carbocycles. The number of pyridine rings is 1. The first-order valence-corrected chi connectivity index (χ1v) is 8.77. The Balaban J connectivity index is 1.79. The Labute approximate surface area is 163 Å². The van der Waals surface area contributed by atoms with Crippen molar-refractivity contribution in [2.75, 3.05) is 16.8 Å². The number of nitriles is 1. The summed E-state index contributed by atoms with van der Waals surface area (Å²) >= 11 is 0. The van der Waals surface area contributed by atoms with Crippen molar-refractivity contribution in [2.24, 2.45) is 0 Å². The second-order valence-electron chi connectivity index (χ2n) is 5.96. The number of para-hydroxylation sites is 1. The number of amides is 2. The minimum Gasteiger partial charge on any atom is -0.321 e. The summed E-state index contributed by atoms with van der Waals surface area (Å²) < 4.78 is 0. The van der Waals surface area contributed by atoms with E-state index in [1.54, 1.807) is 35.2 Å². The van der Waals surface area contributed by atoms with Gasteiger partial charge in [-0.05, 0) is 55.5 Å². The predicted octanol–water partition coefficient (Wildman–Crippen LogP) is 3.87. The first kappa shape index (κ1) is 18.8. The average molecular weight is 370 g/mol. The Morgan fingerprint density at radius 2 is 1.79 bits per heavy atom. The lowest BCUT2D eigenvalue weighted by Crippen LogP contribution is -2.30. The maximum Gasteiger partial charge on any atom is 0.274 e. The summed E-state index contributed by atoms with van der Waals surface area (Å²) in [5.74, 6) is -0.634. The van der Waals surface area contributed by atoms with Crippen LogP contribution in [0.5, 0.6) is 0 Å². The van der Waals surface area contributed by atoms with Crippen molar-refractivity contribution in [3.63, 3.8) is 0 Å². The van der Waals surface area contributed by atoms with Gasteiger partial charge in [0.25, 0.3) is 11.8 Å². The highest BCUT2D eigenvalue weighted by atomic mass is 16.2. The van der Waals surface area contributed by atoms with Gasteiger partial charge in [-0.1, -0.05) is 18.2 Å². The number of carbonyl (C=O) groups excluding carboxylic acids is 2. The van der Waals surface area contributed by atoms with E-state index in [1.165, 1.54) is 12.3 Å². The van der Waals surface area contributed by atoms with E-state index < -0.39 is 5.91 Å². The molecule has 0 aliphatic rings. The van der Waals surface area contributed by atoms with Crippen molar-refractivity contribution in [3.8, 4) is 6.07 Å². The molecule has 0 saturated heterocycles. The Kier molecular flexibility index (Phi) is 5.78. The minimum atomic E-state index is -0.429. The van der Waals surface area contributed by atoms with Crippen LogP contribution in [0, 0.1) is 11.3 Å². The zero-order valence-corrected chi connectivity index (χ0v) is 15.3. The predicted molar refractivity (Wildman–Crippen MR) is 107 cm³/mol. The molecule has 3 rings (SSSR count). The van der Waals surface area contributed by atoms with Crippen LogP contribution in [0.4, 0.5) is 11.4 Å². The highest BCUT2D eigenvalue weighted by Crippen LogP contribution is 2.17. The third kappa shape index (κ3) is 4.22. The van der Waals surface area contributed by atoms with Gasteiger partial charge in [0.05, 0.1) is 11.6 Å². The van der Waals surface area contributed by atoms with Gasteiger partial charge in [0, 0.05) is 29.7 Å². The Morgan fingerprint density at radius 1 is 1.07 bits per heavy atom. The molecule has 0 spiro atoms. The molecule has 28 heavy (non-hydrogen) atoms. The molecule has 0 bridgehead atoms. The molecule has 2 aromatic carbocycles. The topological polar surface area (TPSA) is 86.1 Å². The molecule has 1 aromatic heterocycles. The number of aromatic nitrogens is 1. The standard InChI is InChI=1S/C22H18N4O2/c1-2-26(19-6-4-3-5-7-19)22(28)17-12-13-24-20(14-17)21(27)25-18-10-8-16(15-23)9-11-18/h3-14H,2H2,1H3,(H,25,27). The first-order chi connectivity index (χ1) is 13.6. The Morgan fingerprint density at radius 3 is 2.43 bits per heavy atom. The van der Waals surface area contributed by atoms with Crippen LogP contribution < -0.4 is 10.2 Å². The van der Waals surface area contributed by atoms with Crippen LogP contribution in [0.25, 0.3) is 0 Å². The van der Waals surface area contributed by atoms with Crippen LogP contribution in [0.15, 0.2) is 72.9 Å². The number of nitrogens with one attached hydrogen (secondary N) is 1. The molecule has 1 heterocycles. The molecule has 0 radical (unpaired) electrons. The highest BCUT2D eigenvalue weighted by Gasteiger charge is 2.18. The van der Waals surface area contributed by atoms with Crippen LogP contribution in [0.2, 0.25) is 0 Å². The summed E-state index contributed by atoms with van der Waals surface area (Å²) in [6.45, 7) is 2.39.